The highest BCUT2D eigenvalue weighted by Gasteiger charge is 2.35. The van der Waals surface area contributed by atoms with Gasteiger partial charge in [-0.2, -0.15) is 0 Å². The number of nitrogens with zero attached hydrogens (tertiary/aromatic N) is 1. The first-order chi connectivity index (χ1) is 13.1. The monoisotopic (exact) mass is 364 g/mol. The third-order valence-electron chi connectivity index (χ3n) is 5.57. The van der Waals surface area contributed by atoms with Crippen LogP contribution in [0.1, 0.15) is 47.2 Å². The van der Waals surface area contributed by atoms with Gasteiger partial charge < -0.3 is 10.6 Å². The number of benzene rings is 2. The largest absolute Gasteiger partial charge is 0.342 e. The molecule has 4 heteroatoms. The number of rotatable bonds is 7. The Morgan fingerprint density at radius 3 is 2.33 bits per heavy atom. The van der Waals surface area contributed by atoms with Crippen molar-refractivity contribution in [3.8, 4) is 0 Å². The van der Waals surface area contributed by atoms with E-state index in [1.165, 1.54) is 11.1 Å². The summed E-state index contributed by atoms with van der Waals surface area (Å²) in [4.78, 5) is 26.9. The Kier molecular flexibility index (Phi) is 6.40. The molecule has 27 heavy (non-hydrogen) atoms. The predicted octanol–water partition coefficient (Wildman–Crippen LogP) is 3.41. The molecule has 1 aliphatic heterocycles. The highest BCUT2D eigenvalue weighted by Crippen LogP contribution is 2.32. The summed E-state index contributed by atoms with van der Waals surface area (Å²) >= 11 is 0. The Bertz CT molecular complexity index is 771. The van der Waals surface area contributed by atoms with E-state index in [1.807, 2.05) is 47.4 Å². The second-order valence-corrected chi connectivity index (χ2v) is 7.29. The van der Waals surface area contributed by atoms with Crippen LogP contribution in [0, 0.1) is 5.92 Å². The van der Waals surface area contributed by atoms with Gasteiger partial charge in [-0.15, -0.1) is 0 Å². The summed E-state index contributed by atoms with van der Waals surface area (Å²) in [5.74, 6) is 0.622. The van der Waals surface area contributed by atoms with Crippen molar-refractivity contribution in [2.75, 3.05) is 19.6 Å². The first kappa shape index (κ1) is 19.3. The van der Waals surface area contributed by atoms with Crippen molar-refractivity contribution in [2.24, 2.45) is 11.7 Å². The van der Waals surface area contributed by atoms with E-state index < -0.39 is 0 Å². The fraction of sp³-hybridized carbons (Fsp3) is 0.391. The molecule has 0 unspecified atom stereocenters. The third-order valence-corrected chi connectivity index (χ3v) is 5.57. The van der Waals surface area contributed by atoms with Gasteiger partial charge in [0.05, 0.1) is 0 Å². The Balaban J connectivity index is 1.57. The fourth-order valence-electron chi connectivity index (χ4n) is 3.84. The minimum Gasteiger partial charge on any atom is -0.342 e. The number of hydrogen-bond acceptors (Lipinski definition) is 3. The maximum absolute atomic E-state index is 12.7. The number of Topliss-reactive ketones (excluding diaryl/α,β-unsaturated/α-hetero) is 1. The molecule has 4 nitrogen and oxygen atoms in total. The van der Waals surface area contributed by atoms with E-state index >= 15 is 0 Å². The first-order valence-corrected chi connectivity index (χ1v) is 9.77. The van der Waals surface area contributed by atoms with Gasteiger partial charge in [-0.25, -0.2) is 0 Å². The molecule has 1 aliphatic rings. The molecule has 0 saturated carbocycles. The number of nitrogens with two attached hydrogens (primary N) is 1. The second kappa shape index (κ2) is 8.96. The topological polar surface area (TPSA) is 63.4 Å². The lowest BCUT2D eigenvalue weighted by Crippen LogP contribution is -2.30. The van der Waals surface area contributed by atoms with Crippen LogP contribution in [0.2, 0.25) is 0 Å². The third kappa shape index (κ3) is 4.64. The van der Waals surface area contributed by atoms with Gasteiger partial charge in [-0.3, -0.25) is 9.59 Å². The number of amides is 1. The van der Waals surface area contributed by atoms with Crippen LogP contribution in [-0.4, -0.2) is 36.2 Å². The van der Waals surface area contributed by atoms with Crippen LogP contribution in [-0.2, 0) is 11.2 Å². The molecule has 0 spiro atoms. The molecule has 1 amide bonds. The van der Waals surface area contributed by atoms with Gasteiger partial charge in [0.1, 0.15) is 0 Å². The molecule has 142 valence electrons. The highest BCUT2D eigenvalue weighted by atomic mass is 16.2. The highest BCUT2D eigenvalue weighted by molar-refractivity contribution is 5.98. The lowest BCUT2D eigenvalue weighted by molar-refractivity contribution is -0.130. The van der Waals surface area contributed by atoms with Gasteiger partial charge in [-0.1, -0.05) is 61.5 Å². The van der Waals surface area contributed by atoms with E-state index in [1.54, 1.807) is 0 Å². The molecule has 1 saturated heterocycles. The molecule has 1 fully saturated rings. The van der Waals surface area contributed by atoms with Crippen molar-refractivity contribution in [2.45, 2.75) is 32.1 Å². The summed E-state index contributed by atoms with van der Waals surface area (Å²) in [7, 11) is 0. The molecule has 2 aromatic rings. The van der Waals surface area contributed by atoms with Crippen LogP contribution in [0.5, 0.6) is 0 Å². The molecule has 2 atom stereocenters. The molecule has 3 rings (SSSR count). The molecule has 2 N–H and O–H groups in total. The van der Waals surface area contributed by atoms with Crippen molar-refractivity contribution in [1.82, 2.24) is 4.90 Å². The van der Waals surface area contributed by atoms with Gasteiger partial charge in [0.2, 0.25) is 5.91 Å². The van der Waals surface area contributed by atoms with Crippen LogP contribution in [0.25, 0.3) is 0 Å². The van der Waals surface area contributed by atoms with Crippen molar-refractivity contribution in [3.63, 3.8) is 0 Å². The van der Waals surface area contributed by atoms with Crippen LogP contribution in [0.15, 0.2) is 54.6 Å². The SMILES string of the molecule is CCc1ccc(C(=O)CCC(=O)N2C[C@@H](CN)[C@H](c3ccccc3)C2)cc1. The summed E-state index contributed by atoms with van der Waals surface area (Å²) in [5, 5.41) is 0. The first-order valence-electron chi connectivity index (χ1n) is 9.77. The molecular weight excluding hydrogens is 336 g/mol. The maximum Gasteiger partial charge on any atom is 0.223 e. The van der Waals surface area contributed by atoms with Crippen LogP contribution in [0.4, 0.5) is 0 Å². The zero-order chi connectivity index (χ0) is 19.2. The van der Waals surface area contributed by atoms with Gasteiger partial charge in [0.15, 0.2) is 5.78 Å². The predicted molar refractivity (Wildman–Crippen MR) is 108 cm³/mol. The van der Waals surface area contributed by atoms with Crippen molar-refractivity contribution < 1.29 is 9.59 Å². The maximum atomic E-state index is 12.7. The van der Waals surface area contributed by atoms with Gasteiger partial charge in [0.25, 0.3) is 0 Å². The number of ketones is 1. The van der Waals surface area contributed by atoms with Crippen LogP contribution < -0.4 is 5.73 Å². The normalized spacial score (nSPS) is 19.3. The molecule has 0 radical (unpaired) electrons. The Morgan fingerprint density at radius 2 is 1.70 bits per heavy atom. The minimum atomic E-state index is 0.0279. The molecule has 2 aromatic carbocycles. The summed E-state index contributed by atoms with van der Waals surface area (Å²) < 4.78 is 0. The molecular formula is C23H28N2O2. The van der Waals surface area contributed by atoms with E-state index in [0.29, 0.717) is 25.2 Å². The fourth-order valence-corrected chi connectivity index (χ4v) is 3.84. The lowest BCUT2D eigenvalue weighted by Gasteiger charge is -2.16. The van der Waals surface area contributed by atoms with Crippen molar-refractivity contribution in [3.05, 3.63) is 71.3 Å². The second-order valence-electron chi connectivity index (χ2n) is 7.29. The summed E-state index contributed by atoms with van der Waals surface area (Å²) in [5.41, 5.74) is 9.08. The van der Waals surface area contributed by atoms with E-state index in [2.05, 4.69) is 19.1 Å². The van der Waals surface area contributed by atoms with Gasteiger partial charge in [-0.05, 0) is 30.0 Å². The Hall–Kier alpha value is -2.46. The van der Waals surface area contributed by atoms with Gasteiger partial charge >= 0.3 is 0 Å². The quantitative estimate of drug-likeness (QED) is 0.766. The molecule has 0 bridgehead atoms. The van der Waals surface area contributed by atoms with E-state index in [-0.39, 0.29) is 36.4 Å². The zero-order valence-electron chi connectivity index (χ0n) is 15.9. The average Bonchev–Trinajstić information content (AvgIpc) is 3.17. The van der Waals surface area contributed by atoms with Crippen molar-refractivity contribution >= 4 is 11.7 Å². The Labute approximate surface area is 161 Å². The number of carbonyl (C=O) groups is 2. The number of hydrogen-bond donors (Lipinski definition) is 1. The number of carbonyl (C=O) groups excluding carboxylic acids is 2. The summed E-state index contributed by atoms with van der Waals surface area (Å²) in [6, 6.07) is 17.9. The number of likely N-dealkylation sites (tertiary alicyclic amines) is 1. The Morgan fingerprint density at radius 1 is 1.00 bits per heavy atom. The van der Waals surface area contributed by atoms with Crippen LogP contribution in [0.3, 0.4) is 0 Å². The minimum absolute atomic E-state index is 0.0279. The summed E-state index contributed by atoms with van der Waals surface area (Å²) in [6.45, 7) is 4.01. The lowest BCUT2D eigenvalue weighted by atomic mass is 9.89. The summed E-state index contributed by atoms with van der Waals surface area (Å²) in [6.07, 6.45) is 1.46. The smallest absolute Gasteiger partial charge is 0.223 e. The average molecular weight is 364 g/mol. The molecule has 1 heterocycles. The van der Waals surface area contributed by atoms with Crippen molar-refractivity contribution in [1.29, 1.82) is 0 Å². The van der Waals surface area contributed by atoms with Crippen LogP contribution >= 0.6 is 0 Å². The number of aryl methyl sites for hydroxylation is 1. The zero-order valence-corrected chi connectivity index (χ0v) is 15.9. The molecule has 0 aromatic heterocycles. The van der Waals surface area contributed by atoms with E-state index in [0.717, 1.165) is 6.42 Å². The van der Waals surface area contributed by atoms with E-state index in [9.17, 15) is 9.59 Å². The molecule has 0 aliphatic carbocycles. The van der Waals surface area contributed by atoms with E-state index in [4.69, 9.17) is 5.73 Å². The van der Waals surface area contributed by atoms with Gasteiger partial charge in [0, 0.05) is 37.4 Å². The standard InChI is InChI=1S/C23H28N2O2/c1-2-17-8-10-19(11-9-17)22(26)12-13-23(27)25-15-20(14-24)21(16-25)18-6-4-3-5-7-18/h3-11,20-21H,2,12-16,24H2,1H3/t20-,21+/m1/s1.